The van der Waals surface area contributed by atoms with Gasteiger partial charge in [-0.05, 0) is 37.0 Å². The average Bonchev–Trinajstić information content (AvgIpc) is 2.97. The molecular formula is C19H27N3O. The molecule has 0 atom stereocenters. The van der Waals surface area contributed by atoms with Crippen molar-refractivity contribution in [2.45, 2.75) is 70.8 Å². The Hall–Kier alpha value is -1.84. The number of amides is 1. The molecule has 0 radical (unpaired) electrons. The zero-order valence-electron chi connectivity index (χ0n) is 14.2. The van der Waals surface area contributed by atoms with Crippen molar-refractivity contribution < 1.29 is 4.79 Å². The van der Waals surface area contributed by atoms with Gasteiger partial charge in [0.15, 0.2) is 0 Å². The summed E-state index contributed by atoms with van der Waals surface area (Å²) in [5.74, 6) is 1.60. The normalized spacial score (nSPS) is 16.1. The van der Waals surface area contributed by atoms with Crippen molar-refractivity contribution in [1.29, 1.82) is 0 Å². The predicted molar refractivity (Wildman–Crippen MR) is 93.5 cm³/mol. The molecule has 124 valence electrons. The minimum absolute atomic E-state index is 0.185. The molecule has 1 aliphatic carbocycles. The van der Waals surface area contributed by atoms with Crippen LogP contribution in [0.15, 0.2) is 18.2 Å². The Morgan fingerprint density at radius 2 is 2.09 bits per heavy atom. The summed E-state index contributed by atoms with van der Waals surface area (Å²) in [6, 6.07) is 6.66. The van der Waals surface area contributed by atoms with Gasteiger partial charge < -0.3 is 10.3 Å². The Kier molecular flexibility index (Phi) is 4.99. The Bertz CT molecular complexity index is 668. The molecule has 23 heavy (non-hydrogen) atoms. The van der Waals surface area contributed by atoms with Crippen LogP contribution < -0.4 is 5.32 Å². The quantitative estimate of drug-likeness (QED) is 0.874. The number of benzene rings is 1. The lowest BCUT2D eigenvalue weighted by molar-refractivity contribution is -0.121. The van der Waals surface area contributed by atoms with Crippen molar-refractivity contribution in [2.75, 3.05) is 0 Å². The molecule has 0 unspecified atom stereocenters. The van der Waals surface area contributed by atoms with Crippen LogP contribution in [0.5, 0.6) is 0 Å². The molecule has 1 amide bonds. The third-order valence-electron chi connectivity index (χ3n) is 4.72. The predicted octanol–water partition coefficient (Wildman–Crippen LogP) is 4.07. The molecule has 0 bridgehead atoms. The van der Waals surface area contributed by atoms with E-state index < -0.39 is 0 Å². The van der Waals surface area contributed by atoms with E-state index in [4.69, 9.17) is 0 Å². The summed E-state index contributed by atoms with van der Waals surface area (Å²) < 4.78 is 0. The highest BCUT2D eigenvalue weighted by Crippen LogP contribution is 2.20. The van der Waals surface area contributed by atoms with Gasteiger partial charge in [-0.25, -0.2) is 4.98 Å². The monoisotopic (exact) mass is 313 g/mol. The zero-order chi connectivity index (χ0) is 16.2. The van der Waals surface area contributed by atoms with Crippen LogP contribution in [-0.4, -0.2) is 21.9 Å². The minimum Gasteiger partial charge on any atom is -0.353 e. The number of H-pyrrole nitrogens is 1. The van der Waals surface area contributed by atoms with Crippen molar-refractivity contribution >= 4 is 16.9 Å². The van der Waals surface area contributed by atoms with Crippen molar-refractivity contribution in [3.63, 3.8) is 0 Å². The Morgan fingerprint density at radius 1 is 1.30 bits per heavy atom. The Balaban J connectivity index is 1.57. The number of fused-ring (bicyclic) bond motifs is 1. The SMILES string of the molecule is CC(C)c1nc2ccc(CCC(=O)NC3CCCCC3)cc2[nH]1. The van der Waals surface area contributed by atoms with Crippen LogP contribution in [0.4, 0.5) is 0 Å². The molecule has 2 N–H and O–H groups in total. The second-order valence-corrected chi connectivity index (χ2v) is 7.03. The number of imidazole rings is 1. The molecule has 1 aromatic heterocycles. The first-order valence-electron chi connectivity index (χ1n) is 8.90. The summed E-state index contributed by atoms with van der Waals surface area (Å²) in [6.07, 6.45) is 7.44. The van der Waals surface area contributed by atoms with E-state index in [0.717, 1.165) is 36.1 Å². The summed E-state index contributed by atoms with van der Waals surface area (Å²) in [7, 11) is 0. The maximum Gasteiger partial charge on any atom is 0.220 e. The van der Waals surface area contributed by atoms with Gasteiger partial charge in [0.05, 0.1) is 11.0 Å². The fourth-order valence-electron chi connectivity index (χ4n) is 3.31. The second-order valence-electron chi connectivity index (χ2n) is 7.03. The van der Waals surface area contributed by atoms with Crippen molar-refractivity contribution in [2.24, 2.45) is 0 Å². The number of nitrogens with zero attached hydrogens (tertiary/aromatic N) is 1. The van der Waals surface area contributed by atoms with E-state index in [1.807, 2.05) is 6.07 Å². The number of aromatic nitrogens is 2. The molecule has 2 aromatic rings. The lowest BCUT2D eigenvalue weighted by Crippen LogP contribution is -2.36. The van der Waals surface area contributed by atoms with Gasteiger partial charge in [0.2, 0.25) is 5.91 Å². The summed E-state index contributed by atoms with van der Waals surface area (Å²) in [5, 5.41) is 3.19. The van der Waals surface area contributed by atoms with Gasteiger partial charge in [-0.3, -0.25) is 4.79 Å². The van der Waals surface area contributed by atoms with Gasteiger partial charge in [0, 0.05) is 18.4 Å². The largest absolute Gasteiger partial charge is 0.353 e. The highest BCUT2D eigenvalue weighted by Gasteiger charge is 2.15. The molecule has 1 aliphatic rings. The molecule has 0 saturated heterocycles. The van der Waals surface area contributed by atoms with Gasteiger partial charge in [0.1, 0.15) is 5.82 Å². The molecule has 1 saturated carbocycles. The molecule has 0 spiro atoms. The maximum atomic E-state index is 12.1. The number of hydrogen-bond acceptors (Lipinski definition) is 2. The molecule has 1 aromatic carbocycles. The van der Waals surface area contributed by atoms with E-state index in [-0.39, 0.29) is 5.91 Å². The maximum absolute atomic E-state index is 12.1. The molecule has 1 fully saturated rings. The third kappa shape index (κ3) is 4.12. The first-order valence-corrected chi connectivity index (χ1v) is 8.90. The van der Waals surface area contributed by atoms with E-state index in [0.29, 0.717) is 18.4 Å². The van der Waals surface area contributed by atoms with E-state index in [1.54, 1.807) is 0 Å². The summed E-state index contributed by atoms with van der Waals surface area (Å²) in [4.78, 5) is 20.1. The average molecular weight is 313 g/mol. The topological polar surface area (TPSA) is 57.8 Å². The van der Waals surface area contributed by atoms with Crippen molar-refractivity contribution in [1.82, 2.24) is 15.3 Å². The Morgan fingerprint density at radius 3 is 2.83 bits per heavy atom. The van der Waals surface area contributed by atoms with E-state index in [9.17, 15) is 4.79 Å². The number of hydrogen-bond donors (Lipinski definition) is 2. The number of rotatable bonds is 5. The minimum atomic E-state index is 0.185. The number of aryl methyl sites for hydroxylation is 1. The molecule has 4 nitrogen and oxygen atoms in total. The van der Waals surface area contributed by atoms with Gasteiger partial charge in [-0.15, -0.1) is 0 Å². The van der Waals surface area contributed by atoms with Crippen LogP contribution in [-0.2, 0) is 11.2 Å². The molecule has 3 rings (SSSR count). The second kappa shape index (κ2) is 7.16. The smallest absolute Gasteiger partial charge is 0.220 e. The summed E-state index contributed by atoms with van der Waals surface area (Å²) in [5.41, 5.74) is 3.26. The first kappa shape index (κ1) is 16.0. The molecule has 4 heteroatoms. The van der Waals surface area contributed by atoms with Gasteiger partial charge >= 0.3 is 0 Å². The van der Waals surface area contributed by atoms with Crippen LogP contribution in [0.25, 0.3) is 11.0 Å². The number of carbonyl (C=O) groups excluding carboxylic acids is 1. The number of carbonyl (C=O) groups is 1. The van der Waals surface area contributed by atoms with Crippen molar-refractivity contribution in [3.05, 3.63) is 29.6 Å². The van der Waals surface area contributed by atoms with Crippen molar-refractivity contribution in [3.8, 4) is 0 Å². The number of nitrogens with one attached hydrogen (secondary N) is 2. The van der Waals surface area contributed by atoms with E-state index in [1.165, 1.54) is 24.8 Å². The van der Waals surface area contributed by atoms with Crippen LogP contribution >= 0.6 is 0 Å². The first-order chi connectivity index (χ1) is 11.1. The van der Waals surface area contributed by atoms with E-state index in [2.05, 4.69) is 41.3 Å². The van der Waals surface area contributed by atoms with Crippen LogP contribution in [0, 0.1) is 0 Å². The summed E-state index contributed by atoms with van der Waals surface area (Å²) >= 11 is 0. The zero-order valence-corrected chi connectivity index (χ0v) is 14.2. The standard InChI is InChI=1S/C19H27N3O/c1-13(2)19-21-16-10-8-14(12-17(16)22-19)9-11-18(23)20-15-6-4-3-5-7-15/h8,10,12-13,15H,3-7,9,11H2,1-2H3,(H,20,23)(H,21,22). The van der Waals surface area contributed by atoms with E-state index >= 15 is 0 Å². The van der Waals surface area contributed by atoms with Gasteiger partial charge in [-0.2, -0.15) is 0 Å². The molecule has 0 aliphatic heterocycles. The van der Waals surface area contributed by atoms with Gasteiger partial charge in [0.25, 0.3) is 0 Å². The third-order valence-corrected chi connectivity index (χ3v) is 4.72. The van der Waals surface area contributed by atoms with Crippen LogP contribution in [0.3, 0.4) is 0 Å². The van der Waals surface area contributed by atoms with Crippen LogP contribution in [0.2, 0.25) is 0 Å². The highest BCUT2D eigenvalue weighted by atomic mass is 16.1. The fourth-order valence-corrected chi connectivity index (χ4v) is 3.31. The molecule has 1 heterocycles. The number of aromatic amines is 1. The lowest BCUT2D eigenvalue weighted by atomic mass is 9.95. The van der Waals surface area contributed by atoms with Gasteiger partial charge in [-0.1, -0.05) is 39.2 Å². The van der Waals surface area contributed by atoms with Crippen LogP contribution in [0.1, 0.15) is 69.7 Å². The lowest BCUT2D eigenvalue weighted by Gasteiger charge is -2.22. The Labute approximate surface area is 138 Å². The molecular weight excluding hydrogens is 286 g/mol. The highest BCUT2D eigenvalue weighted by molar-refractivity contribution is 5.78. The summed E-state index contributed by atoms with van der Waals surface area (Å²) in [6.45, 7) is 4.27. The fraction of sp³-hybridized carbons (Fsp3) is 0.579.